The molecule has 100 valence electrons. The predicted octanol–water partition coefficient (Wildman–Crippen LogP) is 0.882. The van der Waals surface area contributed by atoms with Gasteiger partial charge in [-0.3, -0.25) is 4.79 Å². The number of nitrogens with zero attached hydrogens (tertiary/aromatic N) is 3. The molecule has 0 saturated carbocycles. The van der Waals surface area contributed by atoms with E-state index in [1.165, 1.54) is 0 Å². The van der Waals surface area contributed by atoms with Crippen LogP contribution in [0.1, 0.15) is 27.2 Å². The standard InChI is InChI=1S/C13H27N3O/c1-4-14(5-2)8-7-13(17)16-11-9-15(6-3)10-12-16/h4-12H2,1-3H3. The van der Waals surface area contributed by atoms with Gasteiger partial charge >= 0.3 is 0 Å². The lowest BCUT2D eigenvalue weighted by molar-refractivity contribution is -0.133. The summed E-state index contributed by atoms with van der Waals surface area (Å²) >= 11 is 0. The van der Waals surface area contributed by atoms with Crippen molar-refractivity contribution in [2.24, 2.45) is 0 Å². The minimum Gasteiger partial charge on any atom is -0.340 e. The van der Waals surface area contributed by atoms with E-state index in [4.69, 9.17) is 0 Å². The summed E-state index contributed by atoms with van der Waals surface area (Å²) in [7, 11) is 0. The molecular weight excluding hydrogens is 214 g/mol. The van der Waals surface area contributed by atoms with Crippen LogP contribution in [0.15, 0.2) is 0 Å². The molecule has 1 rings (SSSR count). The average molecular weight is 241 g/mol. The molecule has 0 aromatic rings. The zero-order valence-corrected chi connectivity index (χ0v) is 11.6. The zero-order chi connectivity index (χ0) is 12.7. The maximum Gasteiger partial charge on any atom is 0.223 e. The summed E-state index contributed by atoms with van der Waals surface area (Å²) in [6.45, 7) is 14.4. The van der Waals surface area contributed by atoms with Crippen molar-refractivity contribution in [3.63, 3.8) is 0 Å². The first-order chi connectivity index (χ1) is 8.21. The number of rotatable bonds is 6. The van der Waals surface area contributed by atoms with E-state index >= 15 is 0 Å². The number of hydrogen-bond acceptors (Lipinski definition) is 3. The molecule has 1 fully saturated rings. The van der Waals surface area contributed by atoms with Gasteiger partial charge in [-0.15, -0.1) is 0 Å². The Morgan fingerprint density at radius 2 is 1.65 bits per heavy atom. The van der Waals surface area contributed by atoms with Crippen LogP contribution in [0.3, 0.4) is 0 Å². The van der Waals surface area contributed by atoms with Crippen molar-refractivity contribution in [2.75, 3.05) is 52.4 Å². The van der Waals surface area contributed by atoms with Crippen LogP contribution in [0.2, 0.25) is 0 Å². The molecule has 0 radical (unpaired) electrons. The van der Waals surface area contributed by atoms with E-state index in [0.717, 1.165) is 52.4 Å². The normalized spacial score (nSPS) is 17.8. The Bertz CT molecular complexity index is 221. The molecule has 0 atom stereocenters. The quantitative estimate of drug-likeness (QED) is 0.691. The van der Waals surface area contributed by atoms with Gasteiger partial charge in [0.05, 0.1) is 0 Å². The number of likely N-dealkylation sites (N-methyl/N-ethyl adjacent to an activating group) is 1. The van der Waals surface area contributed by atoms with Gasteiger partial charge < -0.3 is 14.7 Å². The highest BCUT2D eigenvalue weighted by molar-refractivity contribution is 5.76. The summed E-state index contributed by atoms with van der Waals surface area (Å²) in [6.07, 6.45) is 0.674. The van der Waals surface area contributed by atoms with Crippen LogP contribution in [-0.2, 0) is 4.79 Å². The topological polar surface area (TPSA) is 26.8 Å². The lowest BCUT2D eigenvalue weighted by Crippen LogP contribution is -2.49. The van der Waals surface area contributed by atoms with Gasteiger partial charge in [-0.1, -0.05) is 20.8 Å². The Morgan fingerprint density at radius 3 is 2.12 bits per heavy atom. The molecule has 0 unspecified atom stereocenters. The van der Waals surface area contributed by atoms with Crippen LogP contribution in [0, 0.1) is 0 Å². The van der Waals surface area contributed by atoms with E-state index in [9.17, 15) is 4.79 Å². The van der Waals surface area contributed by atoms with Gasteiger partial charge in [0.2, 0.25) is 5.91 Å². The molecule has 4 nitrogen and oxygen atoms in total. The fourth-order valence-corrected chi connectivity index (χ4v) is 2.27. The van der Waals surface area contributed by atoms with Gasteiger partial charge in [-0.25, -0.2) is 0 Å². The third-order valence-electron chi connectivity index (χ3n) is 3.71. The van der Waals surface area contributed by atoms with Crippen LogP contribution >= 0.6 is 0 Å². The molecule has 1 saturated heterocycles. The van der Waals surface area contributed by atoms with Crippen LogP contribution in [0.25, 0.3) is 0 Å². The Balaban J connectivity index is 2.24. The third kappa shape index (κ3) is 4.64. The Hall–Kier alpha value is -0.610. The molecule has 0 N–H and O–H groups in total. The molecule has 0 aromatic carbocycles. The second kappa shape index (κ2) is 7.67. The van der Waals surface area contributed by atoms with Crippen molar-refractivity contribution in [2.45, 2.75) is 27.2 Å². The van der Waals surface area contributed by atoms with Gasteiger partial charge in [-0.05, 0) is 19.6 Å². The highest BCUT2D eigenvalue weighted by Crippen LogP contribution is 2.04. The monoisotopic (exact) mass is 241 g/mol. The highest BCUT2D eigenvalue weighted by Gasteiger charge is 2.19. The van der Waals surface area contributed by atoms with Crippen LogP contribution in [0.5, 0.6) is 0 Å². The van der Waals surface area contributed by atoms with Crippen molar-refractivity contribution >= 4 is 5.91 Å². The van der Waals surface area contributed by atoms with Crippen molar-refractivity contribution < 1.29 is 4.79 Å². The number of hydrogen-bond donors (Lipinski definition) is 0. The Labute approximate surface area is 106 Å². The molecule has 0 aliphatic carbocycles. The van der Waals surface area contributed by atoms with Crippen molar-refractivity contribution in [1.82, 2.24) is 14.7 Å². The second-order valence-corrected chi connectivity index (χ2v) is 4.59. The van der Waals surface area contributed by atoms with E-state index in [2.05, 4.69) is 30.6 Å². The fourth-order valence-electron chi connectivity index (χ4n) is 2.27. The highest BCUT2D eigenvalue weighted by atomic mass is 16.2. The number of carbonyl (C=O) groups is 1. The number of amides is 1. The van der Waals surface area contributed by atoms with Crippen LogP contribution < -0.4 is 0 Å². The number of piperazine rings is 1. The molecule has 1 aliphatic rings. The van der Waals surface area contributed by atoms with Crippen molar-refractivity contribution in [1.29, 1.82) is 0 Å². The van der Waals surface area contributed by atoms with Crippen LogP contribution in [0.4, 0.5) is 0 Å². The van der Waals surface area contributed by atoms with Gasteiger partial charge in [0.1, 0.15) is 0 Å². The summed E-state index contributed by atoms with van der Waals surface area (Å²) in [5.41, 5.74) is 0. The molecule has 0 bridgehead atoms. The smallest absolute Gasteiger partial charge is 0.223 e. The zero-order valence-electron chi connectivity index (χ0n) is 11.6. The SMILES string of the molecule is CCN(CC)CCC(=O)N1CCN(CC)CC1. The van der Waals surface area contributed by atoms with E-state index in [-0.39, 0.29) is 0 Å². The van der Waals surface area contributed by atoms with Crippen molar-refractivity contribution in [3.05, 3.63) is 0 Å². The fraction of sp³-hybridized carbons (Fsp3) is 0.923. The molecule has 0 spiro atoms. The summed E-state index contributed by atoms with van der Waals surface area (Å²) < 4.78 is 0. The minimum absolute atomic E-state index is 0.327. The number of carbonyl (C=O) groups excluding carboxylic acids is 1. The van der Waals surface area contributed by atoms with Gasteiger partial charge in [0.25, 0.3) is 0 Å². The second-order valence-electron chi connectivity index (χ2n) is 4.59. The predicted molar refractivity (Wildman–Crippen MR) is 71.1 cm³/mol. The minimum atomic E-state index is 0.327. The first kappa shape index (κ1) is 14.5. The van der Waals surface area contributed by atoms with E-state index in [1.54, 1.807) is 0 Å². The van der Waals surface area contributed by atoms with E-state index in [0.29, 0.717) is 12.3 Å². The van der Waals surface area contributed by atoms with Gasteiger partial charge in [0, 0.05) is 39.1 Å². The summed E-state index contributed by atoms with van der Waals surface area (Å²) in [5.74, 6) is 0.327. The van der Waals surface area contributed by atoms with E-state index in [1.807, 2.05) is 4.90 Å². The summed E-state index contributed by atoms with van der Waals surface area (Å²) in [5, 5.41) is 0. The Kier molecular flexibility index (Phi) is 6.52. The van der Waals surface area contributed by atoms with Gasteiger partial charge in [0.15, 0.2) is 0 Å². The van der Waals surface area contributed by atoms with Crippen molar-refractivity contribution in [3.8, 4) is 0 Å². The first-order valence-corrected chi connectivity index (χ1v) is 6.93. The lowest BCUT2D eigenvalue weighted by Gasteiger charge is -2.34. The third-order valence-corrected chi connectivity index (χ3v) is 3.71. The maximum absolute atomic E-state index is 12.0. The van der Waals surface area contributed by atoms with Crippen LogP contribution in [-0.4, -0.2) is 73.0 Å². The molecule has 1 heterocycles. The molecular formula is C13H27N3O. The van der Waals surface area contributed by atoms with E-state index < -0.39 is 0 Å². The Morgan fingerprint density at radius 1 is 1.06 bits per heavy atom. The molecule has 1 amide bonds. The molecule has 0 aromatic heterocycles. The summed E-state index contributed by atoms with van der Waals surface area (Å²) in [6, 6.07) is 0. The molecule has 17 heavy (non-hydrogen) atoms. The largest absolute Gasteiger partial charge is 0.340 e. The lowest BCUT2D eigenvalue weighted by atomic mass is 10.2. The average Bonchev–Trinajstić information content (AvgIpc) is 2.39. The molecule has 4 heteroatoms. The maximum atomic E-state index is 12.0. The van der Waals surface area contributed by atoms with Gasteiger partial charge in [-0.2, -0.15) is 0 Å². The first-order valence-electron chi connectivity index (χ1n) is 6.93. The molecule has 1 aliphatic heterocycles. The summed E-state index contributed by atoms with van der Waals surface area (Å²) in [4.78, 5) is 18.7.